The number of ether oxygens (including phenoxy) is 2. The monoisotopic (exact) mass is 505 g/mol. The number of piperidine rings is 4. The van der Waals surface area contributed by atoms with Crippen LogP contribution in [-0.4, -0.2) is 73.7 Å². The number of esters is 1. The maximum Gasteiger partial charge on any atom is 0.408 e. The number of amides is 2. The summed E-state index contributed by atoms with van der Waals surface area (Å²) in [6, 6.07) is 16.9. The molecule has 4 fully saturated rings. The lowest BCUT2D eigenvalue weighted by Gasteiger charge is -2.45. The summed E-state index contributed by atoms with van der Waals surface area (Å²) in [4.78, 5) is 42.1. The number of hydrogen-bond donors (Lipinski definition) is 1. The highest BCUT2D eigenvalue weighted by Crippen LogP contribution is 2.34. The number of benzene rings is 2. The Hall–Kier alpha value is -3.39. The smallest absolute Gasteiger partial charge is 0.408 e. The molecule has 8 heteroatoms. The molecule has 8 nitrogen and oxygen atoms in total. The topological polar surface area (TPSA) is 88.2 Å². The van der Waals surface area contributed by atoms with E-state index in [0.717, 1.165) is 43.6 Å². The normalized spacial score (nSPS) is 24.2. The summed E-state index contributed by atoms with van der Waals surface area (Å²) in [5.41, 5.74) is 1.76. The van der Waals surface area contributed by atoms with Gasteiger partial charge in [0.05, 0.1) is 24.6 Å². The first-order valence-electron chi connectivity index (χ1n) is 13.2. The average molecular weight is 506 g/mol. The van der Waals surface area contributed by atoms with Crippen LogP contribution in [0.2, 0.25) is 0 Å². The summed E-state index contributed by atoms with van der Waals surface area (Å²) in [7, 11) is 1.35. The number of carbonyl (C=O) groups excluding carboxylic acids is 3. The van der Waals surface area contributed by atoms with Gasteiger partial charge in [0.15, 0.2) is 0 Å². The third kappa shape index (κ3) is 5.64. The minimum absolute atomic E-state index is 0.0299. The molecule has 37 heavy (non-hydrogen) atoms. The van der Waals surface area contributed by atoms with E-state index in [1.807, 2.05) is 35.2 Å². The summed E-state index contributed by atoms with van der Waals surface area (Å²) in [6.45, 7) is 4.08. The van der Waals surface area contributed by atoms with Crippen LogP contribution < -0.4 is 5.32 Å². The molecular weight excluding hydrogens is 470 g/mol. The van der Waals surface area contributed by atoms with E-state index < -0.39 is 11.5 Å². The lowest BCUT2D eigenvalue weighted by Crippen LogP contribution is -2.57. The fraction of sp³-hybridized carbons (Fsp3) is 0.483. The summed E-state index contributed by atoms with van der Waals surface area (Å²) in [6.07, 6.45) is 3.23. The van der Waals surface area contributed by atoms with Crippen molar-refractivity contribution in [2.45, 2.75) is 43.7 Å². The van der Waals surface area contributed by atoms with Crippen LogP contribution in [0.25, 0.3) is 0 Å². The Balaban J connectivity index is 1.22. The van der Waals surface area contributed by atoms with Crippen LogP contribution in [0.3, 0.4) is 0 Å². The summed E-state index contributed by atoms with van der Waals surface area (Å²) in [5.74, 6) is 0.0811. The first kappa shape index (κ1) is 25.3. The molecule has 2 bridgehead atoms. The van der Waals surface area contributed by atoms with E-state index in [-0.39, 0.29) is 24.5 Å². The summed E-state index contributed by atoms with van der Waals surface area (Å²) in [5, 5.41) is 3.23. The van der Waals surface area contributed by atoms with Gasteiger partial charge < -0.3 is 19.7 Å². The van der Waals surface area contributed by atoms with Crippen LogP contribution in [0.15, 0.2) is 54.6 Å². The Morgan fingerprint density at radius 3 is 2.22 bits per heavy atom. The number of hydrogen-bond acceptors (Lipinski definition) is 6. The van der Waals surface area contributed by atoms with E-state index in [0.29, 0.717) is 37.4 Å². The lowest BCUT2D eigenvalue weighted by atomic mass is 9.80. The molecule has 2 aromatic rings. The fourth-order valence-corrected chi connectivity index (χ4v) is 5.95. The van der Waals surface area contributed by atoms with E-state index in [4.69, 9.17) is 9.47 Å². The van der Waals surface area contributed by atoms with Crippen molar-refractivity contribution in [1.82, 2.24) is 15.1 Å². The molecule has 4 heterocycles. The van der Waals surface area contributed by atoms with Crippen molar-refractivity contribution in [1.29, 1.82) is 0 Å². The Morgan fingerprint density at radius 1 is 0.946 bits per heavy atom. The van der Waals surface area contributed by atoms with Crippen molar-refractivity contribution in [2.75, 3.05) is 39.8 Å². The zero-order valence-electron chi connectivity index (χ0n) is 21.4. The lowest BCUT2D eigenvalue weighted by molar-refractivity contribution is -0.132. The molecule has 0 radical (unpaired) electrons. The van der Waals surface area contributed by atoms with Gasteiger partial charge in [0.1, 0.15) is 6.10 Å². The van der Waals surface area contributed by atoms with Crippen LogP contribution in [0.4, 0.5) is 4.79 Å². The molecule has 4 saturated heterocycles. The van der Waals surface area contributed by atoms with Crippen molar-refractivity contribution in [2.24, 2.45) is 5.92 Å². The van der Waals surface area contributed by atoms with Crippen LogP contribution in [0.5, 0.6) is 0 Å². The highest BCUT2D eigenvalue weighted by molar-refractivity contribution is 5.89. The van der Waals surface area contributed by atoms with Gasteiger partial charge in [0.25, 0.3) is 0 Å². The molecule has 0 saturated carbocycles. The number of nitrogens with zero attached hydrogens (tertiary/aromatic N) is 2. The zero-order valence-corrected chi connectivity index (χ0v) is 21.4. The Bertz CT molecular complexity index is 1100. The van der Waals surface area contributed by atoms with E-state index in [9.17, 15) is 14.4 Å². The van der Waals surface area contributed by atoms with Crippen molar-refractivity contribution in [3.05, 3.63) is 71.3 Å². The van der Waals surface area contributed by atoms with Gasteiger partial charge in [0.2, 0.25) is 5.91 Å². The molecule has 2 aromatic carbocycles. The highest BCUT2D eigenvalue weighted by atomic mass is 16.6. The van der Waals surface area contributed by atoms with Crippen molar-refractivity contribution in [3.63, 3.8) is 0 Å². The van der Waals surface area contributed by atoms with E-state index in [1.165, 1.54) is 7.11 Å². The van der Waals surface area contributed by atoms with Gasteiger partial charge in [-0.3, -0.25) is 9.69 Å². The van der Waals surface area contributed by atoms with Crippen LogP contribution in [0.1, 0.15) is 47.2 Å². The predicted molar refractivity (Wildman–Crippen MR) is 138 cm³/mol. The second kappa shape index (κ2) is 10.9. The fourth-order valence-electron chi connectivity index (χ4n) is 5.95. The quantitative estimate of drug-likeness (QED) is 0.606. The molecule has 0 unspecified atom stereocenters. The number of alkyl carbamates (subject to hydrolysis) is 1. The summed E-state index contributed by atoms with van der Waals surface area (Å²) < 4.78 is 10.7. The number of fused-ring (bicyclic) bond motifs is 3. The van der Waals surface area contributed by atoms with Gasteiger partial charge >= 0.3 is 12.1 Å². The largest absolute Gasteiger partial charge is 0.465 e. The highest BCUT2D eigenvalue weighted by Gasteiger charge is 2.41. The molecule has 6 rings (SSSR count). The maximum atomic E-state index is 13.1. The van der Waals surface area contributed by atoms with Crippen LogP contribution in [0, 0.1) is 5.92 Å². The zero-order chi connectivity index (χ0) is 25.8. The second-order valence-corrected chi connectivity index (χ2v) is 10.4. The average Bonchev–Trinajstić information content (AvgIpc) is 2.94. The van der Waals surface area contributed by atoms with Gasteiger partial charge in [-0.2, -0.15) is 0 Å². The molecule has 4 aliphatic heterocycles. The predicted octanol–water partition coefficient (Wildman–Crippen LogP) is 3.35. The van der Waals surface area contributed by atoms with Crippen LogP contribution in [-0.2, 0) is 26.2 Å². The molecular formula is C29H35N3O5. The van der Waals surface area contributed by atoms with Crippen molar-refractivity contribution >= 4 is 18.0 Å². The molecule has 0 aromatic heterocycles. The van der Waals surface area contributed by atoms with Gasteiger partial charge in [-0.15, -0.1) is 0 Å². The van der Waals surface area contributed by atoms with E-state index in [1.54, 1.807) is 24.3 Å². The molecule has 1 atom stereocenters. The SMILES string of the molecule is COC(=O)c1ccc(CC(=O)N2CCC(NC(=O)O[C@H]3CN4CCC3CC4)(c3ccccc3)CC2)cc1. The number of carbonyl (C=O) groups is 3. The number of nitrogens with one attached hydrogen (secondary N) is 1. The van der Waals surface area contributed by atoms with Gasteiger partial charge in [-0.05, 0) is 68.0 Å². The third-order valence-electron chi connectivity index (χ3n) is 8.22. The minimum atomic E-state index is -0.578. The standard InChI is InChI=1S/C29H35N3O5/c1-36-27(34)23-9-7-21(8-10-23)19-26(33)32-17-13-29(14-18-32,24-5-3-2-4-6-24)30-28(35)37-25-20-31-15-11-22(25)12-16-31/h2-10,22,25H,11-20H2,1H3,(H,30,35)/t25-/m0/s1. The van der Waals surface area contributed by atoms with Gasteiger partial charge in [-0.25, -0.2) is 9.59 Å². The Labute approximate surface area is 217 Å². The van der Waals surface area contributed by atoms with Crippen molar-refractivity contribution < 1.29 is 23.9 Å². The number of rotatable bonds is 6. The van der Waals surface area contributed by atoms with Gasteiger partial charge in [0, 0.05) is 19.6 Å². The molecule has 4 aliphatic rings. The molecule has 196 valence electrons. The maximum absolute atomic E-state index is 13.1. The summed E-state index contributed by atoms with van der Waals surface area (Å²) >= 11 is 0. The first-order chi connectivity index (χ1) is 18.0. The number of likely N-dealkylation sites (tertiary alicyclic amines) is 1. The number of methoxy groups -OCH3 is 1. The molecule has 0 spiro atoms. The van der Waals surface area contributed by atoms with Gasteiger partial charge in [-0.1, -0.05) is 42.5 Å². The third-order valence-corrected chi connectivity index (χ3v) is 8.22. The molecule has 1 N–H and O–H groups in total. The van der Waals surface area contributed by atoms with Crippen LogP contribution >= 0.6 is 0 Å². The molecule has 0 aliphatic carbocycles. The second-order valence-electron chi connectivity index (χ2n) is 10.4. The molecule has 2 amide bonds. The van der Waals surface area contributed by atoms with E-state index in [2.05, 4.69) is 10.2 Å². The van der Waals surface area contributed by atoms with Crippen molar-refractivity contribution in [3.8, 4) is 0 Å². The Morgan fingerprint density at radius 2 is 1.62 bits per heavy atom. The first-order valence-corrected chi connectivity index (χ1v) is 13.2. The van der Waals surface area contributed by atoms with E-state index >= 15 is 0 Å². The Kier molecular flexibility index (Phi) is 7.46. The minimum Gasteiger partial charge on any atom is -0.465 e.